The summed E-state index contributed by atoms with van der Waals surface area (Å²) in [5.74, 6) is 0.243. The van der Waals surface area contributed by atoms with Gasteiger partial charge in [-0.1, -0.05) is 43.7 Å². The molecule has 3 nitrogen and oxygen atoms in total. The van der Waals surface area contributed by atoms with Gasteiger partial charge in [-0.05, 0) is 12.0 Å². The van der Waals surface area contributed by atoms with Crippen LogP contribution >= 0.6 is 0 Å². The summed E-state index contributed by atoms with van der Waals surface area (Å²) >= 11 is 0. The predicted octanol–water partition coefficient (Wildman–Crippen LogP) is 2.25. The molecule has 0 saturated heterocycles. The highest BCUT2D eigenvalue weighted by molar-refractivity contribution is 7.89. The van der Waals surface area contributed by atoms with Gasteiger partial charge < -0.3 is 0 Å². The van der Waals surface area contributed by atoms with Crippen LogP contribution in [-0.2, 0) is 16.6 Å². The van der Waals surface area contributed by atoms with Crippen LogP contribution in [0.15, 0.2) is 30.3 Å². The Balaban J connectivity index is 2.61. The lowest BCUT2D eigenvalue weighted by Gasteiger charge is -2.16. The van der Waals surface area contributed by atoms with Crippen molar-refractivity contribution >= 4 is 10.0 Å². The predicted molar refractivity (Wildman–Crippen MR) is 66.6 cm³/mol. The van der Waals surface area contributed by atoms with E-state index < -0.39 is 10.0 Å². The summed E-state index contributed by atoms with van der Waals surface area (Å²) in [6.07, 6.45) is 1.62. The van der Waals surface area contributed by atoms with Crippen molar-refractivity contribution in [1.82, 2.24) is 4.31 Å². The number of hydrogen-bond donors (Lipinski definition) is 0. The van der Waals surface area contributed by atoms with E-state index in [1.165, 1.54) is 4.31 Å². The third-order valence-electron chi connectivity index (χ3n) is 2.48. The van der Waals surface area contributed by atoms with E-state index in [2.05, 4.69) is 0 Å². The molecule has 0 atom stereocenters. The van der Waals surface area contributed by atoms with E-state index in [1.807, 2.05) is 37.3 Å². The van der Waals surface area contributed by atoms with Gasteiger partial charge in [0.05, 0.1) is 5.75 Å². The molecule has 90 valence electrons. The van der Waals surface area contributed by atoms with Crippen LogP contribution in [0.3, 0.4) is 0 Å². The molecule has 1 aromatic rings. The van der Waals surface area contributed by atoms with Gasteiger partial charge in [-0.3, -0.25) is 0 Å². The molecule has 0 radical (unpaired) electrons. The number of sulfonamides is 1. The lowest BCUT2D eigenvalue weighted by Crippen LogP contribution is -2.28. The summed E-state index contributed by atoms with van der Waals surface area (Å²) in [4.78, 5) is 0. The zero-order valence-electron chi connectivity index (χ0n) is 9.89. The van der Waals surface area contributed by atoms with Gasteiger partial charge in [0, 0.05) is 13.6 Å². The van der Waals surface area contributed by atoms with E-state index >= 15 is 0 Å². The summed E-state index contributed by atoms with van der Waals surface area (Å²) in [6.45, 7) is 2.44. The Bertz CT molecular complexity index is 400. The molecule has 0 aliphatic rings. The third kappa shape index (κ3) is 3.94. The minimum Gasteiger partial charge on any atom is -0.212 e. The van der Waals surface area contributed by atoms with Crippen molar-refractivity contribution < 1.29 is 8.42 Å². The fourth-order valence-electron chi connectivity index (χ4n) is 1.42. The molecule has 16 heavy (non-hydrogen) atoms. The smallest absolute Gasteiger partial charge is 0.212 e. The van der Waals surface area contributed by atoms with Crippen molar-refractivity contribution in [1.29, 1.82) is 0 Å². The molecule has 0 N–H and O–H groups in total. The SMILES string of the molecule is CCCCS(=O)(=O)N(C)Cc1ccccc1. The highest BCUT2D eigenvalue weighted by Gasteiger charge is 2.16. The maximum absolute atomic E-state index is 11.8. The first-order chi connectivity index (χ1) is 7.56. The fraction of sp³-hybridized carbons (Fsp3) is 0.500. The first-order valence-corrected chi connectivity index (χ1v) is 7.15. The molecule has 1 rings (SSSR count). The normalized spacial score (nSPS) is 11.9. The summed E-state index contributed by atoms with van der Waals surface area (Å²) in [5.41, 5.74) is 1.02. The zero-order chi connectivity index (χ0) is 12.0. The van der Waals surface area contributed by atoms with Gasteiger partial charge in [-0.15, -0.1) is 0 Å². The Morgan fingerprint density at radius 2 is 1.81 bits per heavy atom. The molecule has 0 spiro atoms. The second-order valence-corrected chi connectivity index (χ2v) is 6.11. The first-order valence-electron chi connectivity index (χ1n) is 5.54. The Kier molecular flexibility index (Phi) is 4.96. The van der Waals surface area contributed by atoms with Crippen molar-refractivity contribution in [2.45, 2.75) is 26.3 Å². The Morgan fingerprint density at radius 1 is 1.19 bits per heavy atom. The van der Waals surface area contributed by atoms with Gasteiger partial charge in [0.2, 0.25) is 10.0 Å². The van der Waals surface area contributed by atoms with Crippen molar-refractivity contribution in [3.63, 3.8) is 0 Å². The number of benzene rings is 1. The highest BCUT2D eigenvalue weighted by atomic mass is 32.2. The van der Waals surface area contributed by atoms with Crippen LogP contribution in [0.25, 0.3) is 0 Å². The molecule has 0 bridgehead atoms. The van der Waals surface area contributed by atoms with Crippen molar-refractivity contribution in [2.75, 3.05) is 12.8 Å². The highest BCUT2D eigenvalue weighted by Crippen LogP contribution is 2.08. The summed E-state index contributed by atoms with van der Waals surface area (Å²) in [5, 5.41) is 0. The largest absolute Gasteiger partial charge is 0.214 e. The van der Waals surface area contributed by atoms with Gasteiger partial charge in [0.25, 0.3) is 0 Å². The van der Waals surface area contributed by atoms with E-state index in [0.717, 1.165) is 18.4 Å². The van der Waals surface area contributed by atoms with Crippen LogP contribution < -0.4 is 0 Å². The molecule has 0 fully saturated rings. The topological polar surface area (TPSA) is 37.4 Å². The van der Waals surface area contributed by atoms with E-state index in [1.54, 1.807) is 7.05 Å². The van der Waals surface area contributed by atoms with Gasteiger partial charge >= 0.3 is 0 Å². The summed E-state index contributed by atoms with van der Waals surface area (Å²) in [6, 6.07) is 9.64. The van der Waals surface area contributed by atoms with Crippen molar-refractivity contribution in [3.8, 4) is 0 Å². The molecule has 1 aromatic carbocycles. The number of unbranched alkanes of at least 4 members (excludes halogenated alkanes) is 1. The van der Waals surface area contributed by atoms with E-state index in [9.17, 15) is 8.42 Å². The number of rotatable bonds is 6. The standard InChI is InChI=1S/C12H19NO2S/c1-3-4-10-16(14,15)13(2)11-12-8-6-5-7-9-12/h5-9H,3-4,10-11H2,1-2H3. The summed E-state index contributed by atoms with van der Waals surface area (Å²) < 4.78 is 25.1. The van der Waals surface area contributed by atoms with Crippen LogP contribution in [0.5, 0.6) is 0 Å². The van der Waals surface area contributed by atoms with Crippen molar-refractivity contribution in [2.24, 2.45) is 0 Å². The quantitative estimate of drug-likeness (QED) is 0.766. The van der Waals surface area contributed by atoms with Crippen LogP contribution in [0.4, 0.5) is 0 Å². The van der Waals surface area contributed by atoms with Crippen LogP contribution in [0.1, 0.15) is 25.3 Å². The van der Waals surface area contributed by atoms with E-state index in [4.69, 9.17) is 0 Å². The fourth-order valence-corrected chi connectivity index (χ4v) is 2.73. The molecule has 0 aromatic heterocycles. The van der Waals surface area contributed by atoms with E-state index in [0.29, 0.717) is 6.54 Å². The van der Waals surface area contributed by atoms with Crippen LogP contribution in [-0.4, -0.2) is 25.5 Å². The lowest BCUT2D eigenvalue weighted by molar-refractivity contribution is 0.465. The van der Waals surface area contributed by atoms with Crippen LogP contribution in [0.2, 0.25) is 0 Å². The Morgan fingerprint density at radius 3 is 2.38 bits per heavy atom. The van der Waals surface area contributed by atoms with E-state index in [-0.39, 0.29) is 5.75 Å². The monoisotopic (exact) mass is 241 g/mol. The molecule has 0 amide bonds. The Labute approximate surface area is 98.1 Å². The number of hydrogen-bond acceptors (Lipinski definition) is 2. The molecular weight excluding hydrogens is 222 g/mol. The second-order valence-electron chi connectivity index (χ2n) is 3.91. The molecule has 4 heteroatoms. The third-order valence-corrected chi connectivity index (χ3v) is 4.36. The minimum atomic E-state index is -3.09. The molecule has 0 aliphatic heterocycles. The average Bonchev–Trinajstić information content (AvgIpc) is 2.28. The van der Waals surface area contributed by atoms with Gasteiger partial charge in [0.1, 0.15) is 0 Å². The Hall–Kier alpha value is -0.870. The van der Waals surface area contributed by atoms with Gasteiger partial charge in [0.15, 0.2) is 0 Å². The number of nitrogens with zero attached hydrogens (tertiary/aromatic N) is 1. The molecule has 0 unspecified atom stereocenters. The average molecular weight is 241 g/mol. The maximum atomic E-state index is 11.8. The second kappa shape index (κ2) is 6.01. The zero-order valence-corrected chi connectivity index (χ0v) is 10.7. The molecular formula is C12H19NO2S. The van der Waals surface area contributed by atoms with Gasteiger partial charge in [-0.2, -0.15) is 0 Å². The molecule has 0 aliphatic carbocycles. The molecule has 0 saturated carbocycles. The van der Waals surface area contributed by atoms with Gasteiger partial charge in [-0.25, -0.2) is 12.7 Å². The lowest BCUT2D eigenvalue weighted by atomic mass is 10.2. The first kappa shape index (κ1) is 13.2. The minimum absolute atomic E-state index is 0.243. The summed E-state index contributed by atoms with van der Waals surface area (Å²) in [7, 11) is -1.45. The van der Waals surface area contributed by atoms with Crippen LogP contribution in [0, 0.1) is 0 Å². The maximum Gasteiger partial charge on any atom is 0.214 e. The van der Waals surface area contributed by atoms with Crippen molar-refractivity contribution in [3.05, 3.63) is 35.9 Å². The molecule has 0 heterocycles.